The Bertz CT molecular complexity index is 364. The van der Waals surface area contributed by atoms with E-state index in [2.05, 4.69) is 17.1 Å². The number of ether oxygens (including phenoxy) is 1. The molecular weight excluding hydrogens is 262 g/mol. The minimum absolute atomic E-state index is 0.0471. The molecule has 2 rings (SSSR count). The van der Waals surface area contributed by atoms with Gasteiger partial charge in [0, 0.05) is 32.7 Å². The van der Waals surface area contributed by atoms with Crippen molar-refractivity contribution in [2.24, 2.45) is 0 Å². The lowest BCUT2D eigenvalue weighted by molar-refractivity contribution is -0.144. The summed E-state index contributed by atoms with van der Waals surface area (Å²) in [5.74, 6) is -1.14. The van der Waals surface area contributed by atoms with E-state index >= 15 is 0 Å². The van der Waals surface area contributed by atoms with Gasteiger partial charge in [-0.3, -0.25) is 19.4 Å². The molecule has 2 aliphatic heterocycles. The molecule has 2 atom stereocenters. The molecule has 2 saturated heterocycles. The number of morpholine rings is 1. The Morgan fingerprint density at radius 3 is 3.00 bits per heavy atom. The lowest BCUT2D eigenvalue weighted by Crippen LogP contribution is -2.59. The second kappa shape index (κ2) is 7.01. The standard InChI is InChI=1S/C13H23N3O4/c1-2-15-5-6-20-10(8-15)9-16-4-3-14-13(19)11(16)7-12(17)18/h10-11H,2-9H2,1H3,(H,14,19)(H,17,18). The maximum atomic E-state index is 11.8. The number of carbonyl (C=O) groups excluding carboxylic acids is 1. The molecule has 0 aromatic carbocycles. The number of carboxylic acids is 1. The zero-order valence-corrected chi connectivity index (χ0v) is 11.9. The molecule has 7 nitrogen and oxygen atoms in total. The van der Waals surface area contributed by atoms with Crippen molar-refractivity contribution >= 4 is 11.9 Å². The van der Waals surface area contributed by atoms with E-state index < -0.39 is 12.0 Å². The van der Waals surface area contributed by atoms with Crippen LogP contribution in [-0.4, -0.2) is 84.8 Å². The molecule has 0 aromatic rings. The summed E-state index contributed by atoms with van der Waals surface area (Å²) in [5, 5.41) is 11.7. The second-order valence-electron chi connectivity index (χ2n) is 5.29. The highest BCUT2D eigenvalue weighted by molar-refractivity contribution is 5.86. The number of likely N-dealkylation sites (N-methyl/N-ethyl adjacent to an activating group) is 1. The maximum absolute atomic E-state index is 11.8. The van der Waals surface area contributed by atoms with Gasteiger partial charge in [-0.05, 0) is 6.54 Å². The first-order valence-corrected chi connectivity index (χ1v) is 7.17. The van der Waals surface area contributed by atoms with Gasteiger partial charge in [0.1, 0.15) is 0 Å². The van der Waals surface area contributed by atoms with Crippen molar-refractivity contribution in [1.29, 1.82) is 0 Å². The number of nitrogens with one attached hydrogen (secondary N) is 1. The van der Waals surface area contributed by atoms with Crippen LogP contribution in [0.3, 0.4) is 0 Å². The Morgan fingerprint density at radius 2 is 2.30 bits per heavy atom. The first kappa shape index (κ1) is 15.2. The molecule has 0 aliphatic carbocycles. The molecule has 20 heavy (non-hydrogen) atoms. The molecule has 0 bridgehead atoms. The van der Waals surface area contributed by atoms with Gasteiger partial charge in [0.05, 0.1) is 25.2 Å². The van der Waals surface area contributed by atoms with Crippen molar-refractivity contribution in [3.63, 3.8) is 0 Å². The van der Waals surface area contributed by atoms with Gasteiger partial charge in [0.2, 0.25) is 5.91 Å². The third-order valence-electron chi connectivity index (χ3n) is 3.92. The van der Waals surface area contributed by atoms with Crippen molar-refractivity contribution in [3.8, 4) is 0 Å². The zero-order valence-electron chi connectivity index (χ0n) is 11.9. The van der Waals surface area contributed by atoms with Gasteiger partial charge in [-0.1, -0.05) is 6.92 Å². The number of rotatable bonds is 5. The average molecular weight is 285 g/mol. The smallest absolute Gasteiger partial charge is 0.305 e. The highest BCUT2D eigenvalue weighted by Crippen LogP contribution is 2.13. The topological polar surface area (TPSA) is 82.1 Å². The van der Waals surface area contributed by atoms with Crippen LogP contribution in [0.15, 0.2) is 0 Å². The van der Waals surface area contributed by atoms with Crippen LogP contribution in [0, 0.1) is 0 Å². The largest absolute Gasteiger partial charge is 0.481 e. The molecule has 2 heterocycles. The van der Waals surface area contributed by atoms with Crippen molar-refractivity contribution in [3.05, 3.63) is 0 Å². The maximum Gasteiger partial charge on any atom is 0.305 e. The number of aliphatic carboxylic acids is 1. The van der Waals surface area contributed by atoms with Gasteiger partial charge in [0.25, 0.3) is 0 Å². The number of amides is 1. The predicted octanol–water partition coefficient (Wildman–Crippen LogP) is -1.02. The zero-order chi connectivity index (χ0) is 14.5. The van der Waals surface area contributed by atoms with Gasteiger partial charge in [-0.2, -0.15) is 0 Å². The first-order valence-electron chi connectivity index (χ1n) is 7.17. The minimum atomic E-state index is -0.947. The average Bonchev–Trinajstić information content (AvgIpc) is 2.42. The summed E-state index contributed by atoms with van der Waals surface area (Å²) in [5.41, 5.74) is 0. The fraction of sp³-hybridized carbons (Fsp3) is 0.846. The van der Waals surface area contributed by atoms with Crippen molar-refractivity contribution in [2.45, 2.75) is 25.5 Å². The Balaban J connectivity index is 1.94. The Kier molecular flexibility index (Phi) is 5.33. The molecular formula is C13H23N3O4. The third-order valence-corrected chi connectivity index (χ3v) is 3.92. The fourth-order valence-corrected chi connectivity index (χ4v) is 2.81. The van der Waals surface area contributed by atoms with E-state index in [0.717, 1.165) is 19.6 Å². The van der Waals surface area contributed by atoms with Crippen LogP contribution < -0.4 is 5.32 Å². The van der Waals surface area contributed by atoms with Gasteiger partial charge < -0.3 is 15.2 Å². The van der Waals surface area contributed by atoms with E-state index in [1.165, 1.54) is 0 Å². The van der Waals surface area contributed by atoms with E-state index in [1.54, 1.807) is 0 Å². The van der Waals surface area contributed by atoms with Crippen LogP contribution in [0.25, 0.3) is 0 Å². The number of carbonyl (C=O) groups is 2. The predicted molar refractivity (Wildman–Crippen MR) is 72.5 cm³/mol. The van der Waals surface area contributed by atoms with Gasteiger partial charge in [-0.15, -0.1) is 0 Å². The molecule has 114 valence electrons. The van der Waals surface area contributed by atoms with Crippen molar-refractivity contribution < 1.29 is 19.4 Å². The minimum Gasteiger partial charge on any atom is -0.481 e. The summed E-state index contributed by atoms with van der Waals surface area (Å²) in [4.78, 5) is 27.0. The van der Waals surface area contributed by atoms with Crippen LogP contribution in [0.2, 0.25) is 0 Å². The van der Waals surface area contributed by atoms with Crippen LogP contribution in [0.5, 0.6) is 0 Å². The SMILES string of the molecule is CCN1CCOC(CN2CCNC(=O)C2CC(=O)O)C1. The van der Waals surface area contributed by atoms with Gasteiger partial charge in [-0.25, -0.2) is 0 Å². The van der Waals surface area contributed by atoms with E-state index in [9.17, 15) is 9.59 Å². The normalized spacial score (nSPS) is 29.1. The number of hydrogen-bond donors (Lipinski definition) is 2. The van der Waals surface area contributed by atoms with Crippen LogP contribution in [-0.2, 0) is 14.3 Å². The van der Waals surface area contributed by atoms with Crippen LogP contribution in [0.4, 0.5) is 0 Å². The number of piperazine rings is 1. The summed E-state index contributed by atoms with van der Waals surface area (Å²) >= 11 is 0. The molecule has 7 heteroatoms. The highest BCUT2D eigenvalue weighted by Gasteiger charge is 2.33. The van der Waals surface area contributed by atoms with E-state index in [4.69, 9.17) is 9.84 Å². The fourth-order valence-electron chi connectivity index (χ4n) is 2.81. The van der Waals surface area contributed by atoms with E-state index in [0.29, 0.717) is 26.2 Å². The lowest BCUT2D eigenvalue weighted by Gasteiger charge is -2.39. The Morgan fingerprint density at radius 1 is 1.50 bits per heavy atom. The van der Waals surface area contributed by atoms with Crippen molar-refractivity contribution in [1.82, 2.24) is 15.1 Å². The number of carboxylic acid groups (broad SMARTS) is 1. The van der Waals surface area contributed by atoms with E-state index in [-0.39, 0.29) is 18.4 Å². The van der Waals surface area contributed by atoms with Crippen molar-refractivity contribution in [2.75, 3.05) is 45.9 Å². The number of nitrogens with zero attached hydrogens (tertiary/aromatic N) is 2. The van der Waals surface area contributed by atoms with E-state index in [1.807, 2.05) is 4.90 Å². The highest BCUT2D eigenvalue weighted by atomic mass is 16.5. The Labute approximate surface area is 118 Å². The number of hydrogen-bond acceptors (Lipinski definition) is 5. The molecule has 1 amide bonds. The first-order chi connectivity index (χ1) is 9.60. The second-order valence-corrected chi connectivity index (χ2v) is 5.29. The summed E-state index contributed by atoms with van der Waals surface area (Å²) < 4.78 is 5.74. The summed E-state index contributed by atoms with van der Waals surface area (Å²) in [7, 11) is 0. The molecule has 0 aromatic heterocycles. The van der Waals surface area contributed by atoms with Crippen LogP contribution >= 0.6 is 0 Å². The lowest BCUT2D eigenvalue weighted by atomic mass is 10.1. The molecule has 0 saturated carbocycles. The molecule has 0 radical (unpaired) electrons. The third kappa shape index (κ3) is 3.91. The molecule has 2 fully saturated rings. The molecule has 2 N–H and O–H groups in total. The van der Waals surface area contributed by atoms with Crippen LogP contribution in [0.1, 0.15) is 13.3 Å². The van der Waals surface area contributed by atoms with Gasteiger partial charge in [0.15, 0.2) is 0 Å². The quantitative estimate of drug-likeness (QED) is 0.673. The molecule has 0 spiro atoms. The van der Waals surface area contributed by atoms with Gasteiger partial charge >= 0.3 is 5.97 Å². The Hall–Kier alpha value is -1.18. The molecule has 2 unspecified atom stereocenters. The summed E-state index contributed by atoms with van der Waals surface area (Å²) in [6, 6.07) is -0.582. The monoisotopic (exact) mass is 285 g/mol. The molecule has 2 aliphatic rings. The summed E-state index contributed by atoms with van der Waals surface area (Å²) in [6.45, 7) is 7.43. The summed E-state index contributed by atoms with van der Waals surface area (Å²) in [6.07, 6.45) is -0.110.